The molecule has 1 atom stereocenters. The number of nitrogens with zero attached hydrogens (tertiary/aromatic N) is 3. The number of rotatable bonds is 10. The van der Waals surface area contributed by atoms with Crippen LogP contribution in [0, 0.1) is 5.92 Å². The Morgan fingerprint density at radius 2 is 2.29 bits per heavy atom. The second-order valence-corrected chi connectivity index (χ2v) is 7.62. The van der Waals surface area contributed by atoms with Gasteiger partial charge >= 0.3 is 0 Å². The smallest absolute Gasteiger partial charge is 0.218 e. The molecule has 7 heteroatoms. The minimum atomic E-state index is 0.178. The molecule has 0 bridgehead atoms. The zero-order valence-corrected chi connectivity index (χ0v) is 17.9. The number of aliphatic imine (C=N–C) groups is 1. The lowest BCUT2D eigenvalue weighted by Gasteiger charge is -2.34. The van der Waals surface area contributed by atoms with Gasteiger partial charge in [-0.1, -0.05) is 33.3 Å². The molecule has 0 aromatic carbocycles. The van der Waals surface area contributed by atoms with Crippen LogP contribution in [0.4, 0.5) is 0 Å². The maximum atomic E-state index is 5.90. The van der Waals surface area contributed by atoms with Crippen LogP contribution in [0.5, 0.6) is 5.88 Å². The number of pyridine rings is 1. The SMILES string of the molecule is CCCCOc1ncccc1CNC(=NC)NCC1CN(CC(C)C)CCO1. The molecule has 2 heterocycles. The number of nitrogens with one attached hydrogen (secondary N) is 2. The van der Waals surface area contributed by atoms with E-state index >= 15 is 0 Å². The van der Waals surface area contributed by atoms with E-state index in [0.717, 1.165) is 57.2 Å². The summed E-state index contributed by atoms with van der Waals surface area (Å²) in [6, 6.07) is 3.96. The predicted octanol–water partition coefficient (Wildman–Crippen LogP) is 2.28. The zero-order valence-electron chi connectivity index (χ0n) is 17.9. The lowest BCUT2D eigenvalue weighted by Crippen LogP contribution is -2.50. The number of morpholine rings is 1. The molecular weight excluding hydrogens is 354 g/mol. The Bertz CT molecular complexity index is 594. The van der Waals surface area contributed by atoms with Gasteiger partial charge in [-0.25, -0.2) is 4.98 Å². The Labute approximate surface area is 169 Å². The number of guanidine groups is 1. The van der Waals surface area contributed by atoms with Crippen LogP contribution in [-0.4, -0.2) is 68.4 Å². The van der Waals surface area contributed by atoms with Crippen LogP contribution in [-0.2, 0) is 11.3 Å². The van der Waals surface area contributed by atoms with E-state index in [2.05, 4.69) is 46.3 Å². The van der Waals surface area contributed by atoms with Crippen molar-refractivity contribution >= 4 is 5.96 Å². The summed E-state index contributed by atoms with van der Waals surface area (Å²) in [6.07, 6.45) is 4.08. The van der Waals surface area contributed by atoms with Crippen molar-refractivity contribution in [3.8, 4) is 5.88 Å². The molecule has 158 valence electrons. The standard InChI is InChI=1S/C21H37N5O2/c1-5-6-11-28-20-18(8-7-9-23-20)13-24-21(22-4)25-14-19-16-26(10-12-27-19)15-17(2)3/h7-9,17,19H,5-6,10-16H2,1-4H3,(H2,22,24,25). The first-order valence-electron chi connectivity index (χ1n) is 10.5. The molecule has 0 saturated carbocycles. The van der Waals surface area contributed by atoms with Crippen molar-refractivity contribution in [1.29, 1.82) is 0 Å². The van der Waals surface area contributed by atoms with Crippen molar-refractivity contribution in [2.24, 2.45) is 10.9 Å². The molecule has 1 aromatic rings. The number of hydrogen-bond donors (Lipinski definition) is 2. The molecule has 0 aliphatic carbocycles. The van der Waals surface area contributed by atoms with Gasteiger partial charge in [-0.3, -0.25) is 9.89 Å². The molecule has 0 amide bonds. The lowest BCUT2D eigenvalue weighted by atomic mass is 10.2. The van der Waals surface area contributed by atoms with Crippen LogP contribution in [0.2, 0.25) is 0 Å². The normalized spacial score (nSPS) is 18.3. The molecule has 7 nitrogen and oxygen atoms in total. The fourth-order valence-electron chi connectivity index (χ4n) is 3.20. The second kappa shape index (κ2) is 12.6. The Morgan fingerprint density at radius 1 is 1.43 bits per heavy atom. The first-order chi connectivity index (χ1) is 13.6. The Kier molecular flexibility index (Phi) is 10.1. The van der Waals surface area contributed by atoms with Gasteiger partial charge in [0.15, 0.2) is 5.96 Å². The summed E-state index contributed by atoms with van der Waals surface area (Å²) in [5.41, 5.74) is 1.03. The third-order valence-corrected chi connectivity index (χ3v) is 4.60. The molecule has 1 aliphatic rings. The number of aromatic nitrogens is 1. The van der Waals surface area contributed by atoms with E-state index in [1.165, 1.54) is 0 Å². The van der Waals surface area contributed by atoms with E-state index in [-0.39, 0.29) is 6.10 Å². The highest BCUT2D eigenvalue weighted by Gasteiger charge is 2.21. The van der Waals surface area contributed by atoms with Crippen molar-refractivity contribution in [3.05, 3.63) is 23.9 Å². The molecule has 2 rings (SSSR count). The minimum absolute atomic E-state index is 0.178. The molecular formula is C21H37N5O2. The summed E-state index contributed by atoms with van der Waals surface area (Å²) < 4.78 is 11.7. The average Bonchev–Trinajstić information content (AvgIpc) is 2.69. The summed E-state index contributed by atoms with van der Waals surface area (Å²) >= 11 is 0. The molecule has 1 fully saturated rings. The van der Waals surface area contributed by atoms with Crippen molar-refractivity contribution in [2.45, 2.75) is 46.3 Å². The first-order valence-corrected chi connectivity index (χ1v) is 10.5. The molecule has 28 heavy (non-hydrogen) atoms. The summed E-state index contributed by atoms with van der Waals surface area (Å²) in [6.45, 7) is 12.6. The van der Waals surface area contributed by atoms with Crippen LogP contribution in [0.25, 0.3) is 0 Å². The maximum Gasteiger partial charge on any atom is 0.218 e. The van der Waals surface area contributed by atoms with Crippen molar-refractivity contribution in [1.82, 2.24) is 20.5 Å². The molecule has 2 N–H and O–H groups in total. The van der Waals surface area contributed by atoms with Crippen LogP contribution in [0.3, 0.4) is 0 Å². The van der Waals surface area contributed by atoms with Gasteiger partial charge in [0.05, 0.1) is 19.3 Å². The molecule has 1 unspecified atom stereocenters. The summed E-state index contributed by atoms with van der Waals surface area (Å²) in [4.78, 5) is 11.2. The Balaban J connectivity index is 1.79. The van der Waals surface area contributed by atoms with E-state index in [9.17, 15) is 0 Å². The number of ether oxygens (including phenoxy) is 2. The Hall–Kier alpha value is -1.86. The van der Waals surface area contributed by atoms with E-state index in [0.29, 0.717) is 24.9 Å². The number of hydrogen-bond acceptors (Lipinski definition) is 5. The van der Waals surface area contributed by atoms with Crippen LogP contribution in [0.15, 0.2) is 23.3 Å². The largest absolute Gasteiger partial charge is 0.477 e. The average molecular weight is 392 g/mol. The van der Waals surface area contributed by atoms with Gasteiger partial charge < -0.3 is 20.1 Å². The fraction of sp³-hybridized carbons (Fsp3) is 0.714. The van der Waals surface area contributed by atoms with Gasteiger partial charge in [-0.15, -0.1) is 0 Å². The summed E-state index contributed by atoms with van der Waals surface area (Å²) in [5, 5.41) is 6.73. The van der Waals surface area contributed by atoms with Crippen molar-refractivity contribution in [2.75, 3.05) is 46.4 Å². The topological polar surface area (TPSA) is 71.0 Å². The minimum Gasteiger partial charge on any atom is -0.477 e. The fourth-order valence-corrected chi connectivity index (χ4v) is 3.20. The molecule has 0 spiro atoms. The first kappa shape index (κ1) is 22.4. The van der Waals surface area contributed by atoms with Gasteiger partial charge in [-0.05, 0) is 18.4 Å². The van der Waals surface area contributed by atoms with Crippen LogP contribution < -0.4 is 15.4 Å². The summed E-state index contributed by atoms with van der Waals surface area (Å²) in [7, 11) is 1.78. The molecule has 1 aromatic heterocycles. The zero-order chi connectivity index (χ0) is 20.2. The van der Waals surface area contributed by atoms with Crippen LogP contribution >= 0.6 is 0 Å². The van der Waals surface area contributed by atoms with Gasteiger partial charge in [0.25, 0.3) is 0 Å². The predicted molar refractivity (Wildman–Crippen MR) is 114 cm³/mol. The molecule has 0 radical (unpaired) electrons. The maximum absolute atomic E-state index is 5.90. The Morgan fingerprint density at radius 3 is 3.04 bits per heavy atom. The van der Waals surface area contributed by atoms with Crippen LogP contribution in [0.1, 0.15) is 39.2 Å². The van der Waals surface area contributed by atoms with E-state index < -0.39 is 0 Å². The third kappa shape index (κ3) is 8.02. The van der Waals surface area contributed by atoms with Crippen molar-refractivity contribution in [3.63, 3.8) is 0 Å². The van der Waals surface area contributed by atoms with E-state index in [1.807, 2.05) is 12.1 Å². The third-order valence-electron chi connectivity index (χ3n) is 4.60. The highest BCUT2D eigenvalue weighted by molar-refractivity contribution is 5.79. The number of unbranched alkanes of at least 4 members (excludes halogenated alkanes) is 1. The van der Waals surface area contributed by atoms with Gasteiger partial charge in [-0.2, -0.15) is 0 Å². The molecule has 1 aliphatic heterocycles. The molecule has 1 saturated heterocycles. The van der Waals surface area contributed by atoms with Gasteiger partial charge in [0, 0.05) is 51.5 Å². The highest BCUT2D eigenvalue weighted by Crippen LogP contribution is 2.14. The van der Waals surface area contributed by atoms with Gasteiger partial charge in [0.1, 0.15) is 0 Å². The van der Waals surface area contributed by atoms with Gasteiger partial charge in [0.2, 0.25) is 5.88 Å². The quantitative estimate of drug-likeness (QED) is 0.362. The lowest BCUT2D eigenvalue weighted by molar-refractivity contribution is -0.0284. The van der Waals surface area contributed by atoms with E-state index in [4.69, 9.17) is 9.47 Å². The summed E-state index contributed by atoms with van der Waals surface area (Å²) in [5.74, 6) is 2.13. The second-order valence-electron chi connectivity index (χ2n) is 7.62. The van der Waals surface area contributed by atoms with E-state index in [1.54, 1.807) is 13.2 Å². The monoisotopic (exact) mass is 391 g/mol. The highest BCUT2D eigenvalue weighted by atomic mass is 16.5. The van der Waals surface area contributed by atoms with Crippen molar-refractivity contribution < 1.29 is 9.47 Å².